The van der Waals surface area contributed by atoms with Gasteiger partial charge in [0.2, 0.25) is 15.9 Å². The molecular formula is C23H27F2N3O4S. The quantitative estimate of drug-likeness (QED) is 0.690. The highest BCUT2D eigenvalue weighted by molar-refractivity contribution is 7.89. The fourth-order valence-corrected chi connectivity index (χ4v) is 5.15. The van der Waals surface area contributed by atoms with Gasteiger partial charge < -0.3 is 10.2 Å². The maximum atomic E-state index is 14.0. The van der Waals surface area contributed by atoms with Crippen LogP contribution in [0.15, 0.2) is 53.4 Å². The van der Waals surface area contributed by atoms with Crippen molar-refractivity contribution in [1.29, 1.82) is 0 Å². The maximum Gasteiger partial charge on any atom is 0.254 e. The van der Waals surface area contributed by atoms with Gasteiger partial charge in [-0.2, -0.15) is 4.31 Å². The Labute approximate surface area is 192 Å². The van der Waals surface area contributed by atoms with E-state index in [9.17, 15) is 26.8 Å². The molecule has 1 atom stereocenters. The molecule has 2 amide bonds. The number of carbonyl (C=O) groups is 2. The molecule has 178 valence electrons. The fraction of sp³-hybridized carbons (Fsp3) is 0.391. The van der Waals surface area contributed by atoms with Gasteiger partial charge in [0.05, 0.1) is 10.5 Å². The highest BCUT2D eigenvalue weighted by Gasteiger charge is 2.33. The lowest BCUT2D eigenvalue weighted by molar-refractivity contribution is -0.134. The van der Waals surface area contributed by atoms with Gasteiger partial charge in [0.15, 0.2) is 0 Å². The molecule has 1 aliphatic rings. The molecule has 0 bridgehead atoms. The third kappa shape index (κ3) is 5.75. The van der Waals surface area contributed by atoms with Crippen molar-refractivity contribution in [3.63, 3.8) is 0 Å². The normalized spacial score (nSPS) is 16.3. The molecule has 0 unspecified atom stereocenters. The molecule has 1 fully saturated rings. The van der Waals surface area contributed by atoms with Gasteiger partial charge in [-0.3, -0.25) is 9.59 Å². The predicted molar refractivity (Wildman–Crippen MR) is 119 cm³/mol. The van der Waals surface area contributed by atoms with E-state index in [2.05, 4.69) is 5.32 Å². The molecule has 2 aromatic rings. The van der Waals surface area contributed by atoms with Crippen LogP contribution in [0.2, 0.25) is 0 Å². The molecule has 0 aromatic heterocycles. The molecule has 1 heterocycles. The molecule has 0 aliphatic carbocycles. The largest absolute Gasteiger partial charge is 0.340 e. The zero-order chi connectivity index (χ0) is 24.2. The van der Waals surface area contributed by atoms with Crippen LogP contribution in [0.4, 0.5) is 8.78 Å². The zero-order valence-corrected chi connectivity index (χ0v) is 19.3. The first-order chi connectivity index (χ1) is 15.6. The molecule has 0 spiro atoms. The average molecular weight is 480 g/mol. The number of carbonyl (C=O) groups excluding carboxylic acids is 2. The number of halogens is 2. The smallest absolute Gasteiger partial charge is 0.254 e. The summed E-state index contributed by atoms with van der Waals surface area (Å²) in [6.45, 7) is 4.26. The van der Waals surface area contributed by atoms with Gasteiger partial charge in [0.1, 0.15) is 17.7 Å². The minimum atomic E-state index is -3.83. The summed E-state index contributed by atoms with van der Waals surface area (Å²) in [5.41, 5.74) is -0.150. The molecule has 0 saturated carbocycles. The van der Waals surface area contributed by atoms with Crippen LogP contribution in [0.5, 0.6) is 0 Å². The van der Waals surface area contributed by atoms with E-state index in [0.29, 0.717) is 13.0 Å². The van der Waals surface area contributed by atoms with Gasteiger partial charge in [-0.25, -0.2) is 17.2 Å². The molecular weight excluding hydrogens is 452 g/mol. The van der Waals surface area contributed by atoms with Crippen LogP contribution in [-0.4, -0.2) is 61.7 Å². The molecule has 1 saturated heterocycles. The Hall–Kier alpha value is -2.85. The Bertz CT molecular complexity index is 1110. The number of rotatable bonds is 6. The lowest BCUT2D eigenvalue weighted by Gasteiger charge is -2.29. The first-order valence-corrected chi connectivity index (χ1v) is 12.1. The number of nitrogens with one attached hydrogen (secondary N) is 1. The minimum absolute atomic E-state index is 0.0131. The summed E-state index contributed by atoms with van der Waals surface area (Å²) < 4.78 is 54.3. The van der Waals surface area contributed by atoms with E-state index in [-0.39, 0.29) is 41.9 Å². The van der Waals surface area contributed by atoms with Crippen LogP contribution < -0.4 is 5.32 Å². The number of benzene rings is 2. The molecule has 33 heavy (non-hydrogen) atoms. The molecule has 3 rings (SSSR count). The Balaban J connectivity index is 1.71. The standard InChI is InChI=1S/C23H27F2N3O4S/c1-16(2)21(26-22(29)19-6-3-4-7-20(19)25)23(30)27-12-5-13-28(15-14-27)33(31,32)18-10-8-17(24)9-11-18/h3-4,6-11,16,21H,5,12-15H2,1-2H3,(H,26,29)/t21-/m0/s1. The fourth-order valence-electron chi connectivity index (χ4n) is 3.68. The monoisotopic (exact) mass is 479 g/mol. The van der Waals surface area contributed by atoms with E-state index in [0.717, 1.165) is 12.1 Å². The number of nitrogens with zero attached hydrogens (tertiary/aromatic N) is 2. The summed E-state index contributed by atoms with van der Waals surface area (Å²) >= 11 is 0. The number of hydrogen-bond donors (Lipinski definition) is 1. The topological polar surface area (TPSA) is 86.8 Å². The Morgan fingerprint density at radius 2 is 1.61 bits per heavy atom. The van der Waals surface area contributed by atoms with E-state index in [1.54, 1.807) is 13.8 Å². The van der Waals surface area contributed by atoms with Crippen molar-refractivity contribution < 1.29 is 26.8 Å². The summed E-state index contributed by atoms with van der Waals surface area (Å²) in [5.74, 6) is -2.51. The van der Waals surface area contributed by atoms with Gasteiger partial charge in [-0.05, 0) is 48.7 Å². The van der Waals surface area contributed by atoms with E-state index >= 15 is 0 Å². The SMILES string of the molecule is CC(C)[C@H](NC(=O)c1ccccc1F)C(=O)N1CCCN(S(=O)(=O)c2ccc(F)cc2)CC1. The number of hydrogen-bond acceptors (Lipinski definition) is 4. The summed E-state index contributed by atoms with van der Waals surface area (Å²) in [6.07, 6.45) is 0.401. The first-order valence-electron chi connectivity index (χ1n) is 10.7. The Kier molecular flexibility index (Phi) is 7.80. The third-order valence-electron chi connectivity index (χ3n) is 5.56. The van der Waals surface area contributed by atoms with Crippen LogP contribution in [-0.2, 0) is 14.8 Å². The first kappa shape index (κ1) is 24.8. The number of sulfonamides is 1. The van der Waals surface area contributed by atoms with Gasteiger partial charge in [0.25, 0.3) is 5.91 Å². The number of amides is 2. The Morgan fingerprint density at radius 3 is 2.24 bits per heavy atom. The van der Waals surface area contributed by atoms with Crippen molar-refractivity contribution in [2.75, 3.05) is 26.2 Å². The summed E-state index contributed by atoms with van der Waals surface area (Å²) in [7, 11) is -3.83. The molecule has 1 N–H and O–H groups in total. The second-order valence-electron chi connectivity index (χ2n) is 8.21. The van der Waals surface area contributed by atoms with Gasteiger partial charge in [0, 0.05) is 26.2 Å². The summed E-state index contributed by atoms with van der Waals surface area (Å²) in [4.78, 5) is 27.3. The van der Waals surface area contributed by atoms with E-state index in [4.69, 9.17) is 0 Å². The predicted octanol–water partition coefficient (Wildman–Crippen LogP) is 2.64. The summed E-state index contributed by atoms with van der Waals surface area (Å²) in [5, 5.41) is 2.63. The van der Waals surface area contributed by atoms with E-state index in [1.807, 2.05) is 0 Å². The second-order valence-corrected chi connectivity index (χ2v) is 10.1. The van der Waals surface area contributed by atoms with Crippen LogP contribution in [0.25, 0.3) is 0 Å². The van der Waals surface area contributed by atoms with Crippen molar-refractivity contribution in [3.8, 4) is 0 Å². The van der Waals surface area contributed by atoms with Gasteiger partial charge in [-0.1, -0.05) is 26.0 Å². The lowest BCUT2D eigenvalue weighted by atomic mass is 10.0. The van der Waals surface area contributed by atoms with Crippen LogP contribution in [0.3, 0.4) is 0 Å². The van der Waals surface area contributed by atoms with Crippen LogP contribution in [0, 0.1) is 17.6 Å². The van der Waals surface area contributed by atoms with Crippen molar-refractivity contribution in [2.24, 2.45) is 5.92 Å². The van der Waals surface area contributed by atoms with Gasteiger partial charge in [-0.15, -0.1) is 0 Å². The molecule has 0 radical (unpaired) electrons. The third-order valence-corrected chi connectivity index (χ3v) is 7.47. The van der Waals surface area contributed by atoms with Crippen molar-refractivity contribution >= 4 is 21.8 Å². The van der Waals surface area contributed by atoms with E-state index < -0.39 is 33.6 Å². The van der Waals surface area contributed by atoms with Crippen molar-refractivity contribution in [3.05, 3.63) is 65.7 Å². The summed E-state index contributed by atoms with van der Waals surface area (Å²) in [6, 6.07) is 9.24. The molecule has 10 heteroatoms. The minimum Gasteiger partial charge on any atom is -0.340 e. The lowest BCUT2D eigenvalue weighted by Crippen LogP contribution is -2.52. The maximum absolute atomic E-state index is 14.0. The average Bonchev–Trinajstić information content (AvgIpc) is 3.04. The zero-order valence-electron chi connectivity index (χ0n) is 18.5. The van der Waals surface area contributed by atoms with Gasteiger partial charge >= 0.3 is 0 Å². The highest BCUT2D eigenvalue weighted by atomic mass is 32.2. The van der Waals surface area contributed by atoms with Crippen molar-refractivity contribution in [1.82, 2.24) is 14.5 Å². The molecule has 1 aliphatic heterocycles. The van der Waals surface area contributed by atoms with E-state index in [1.165, 1.54) is 45.6 Å². The molecule has 7 nitrogen and oxygen atoms in total. The van der Waals surface area contributed by atoms with Crippen LogP contribution in [0.1, 0.15) is 30.6 Å². The second kappa shape index (κ2) is 10.4. The highest BCUT2D eigenvalue weighted by Crippen LogP contribution is 2.19. The molecule has 2 aromatic carbocycles. The van der Waals surface area contributed by atoms with Crippen molar-refractivity contribution in [2.45, 2.75) is 31.2 Å². The van der Waals surface area contributed by atoms with Crippen LogP contribution >= 0.6 is 0 Å². The Morgan fingerprint density at radius 1 is 0.939 bits per heavy atom.